The lowest BCUT2D eigenvalue weighted by Gasteiger charge is -2.15. The number of rotatable bonds is 3. The number of carbonyl (C=O) groups is 1. The summed E-state index contributed by atoms with van der Waals surface area (Å²) in [7, 11) is 0. The van der Waals surface area contributed by atoms with E-state index in [9.17, 15) is 9.18 Å². The molecule has 1 aromatic rings. The van der Waals surface area contributed by atoms with Gasteiger partial charge in [-0.15, -0.1) is 0 Å². The van der Waals surface area contributed by atoms with Gasteiger partial charge in [0.2, 0.25) is 5.91 Å². The molecule has 88 valence electrons. The molecule has 0 aliphatic rings. The molecule has 0 fully saturated rings. The third-order valence-electron chi connectivity index (χ3n) is 2.28. The van der Waals surface area contributed by atoms with Gasteiger partial charge in [0, 0.05) is 0 Å². The number of hydrogen-bond donors (Lipinski definition) is 2. The van der Waals surface area contributed by atoms with Crippen molar-refractivity contribution in [3.8, 4) is 0 Å². The Morgan fingerprint density at radius 3 is 2.56 bits per heavy atom. The lowest BCUT2D eigenvalue weighted by atomic mass is 10.1. The Morgan fingerprint density at radius 1 is 1.44 bits per heavy atom. The third-order valence-corrected chi connectivity index (χ3v) is 3.11. The van der Waals surface area contributed by atoms with Crippen LogP contribution in [0.2, 0.25) is 0 Å². The van der Waals surface area contributed by atoms with Crippen LogP contribution in [0.3, 0.4) is 0 Å². The van der Waals surface area contributed by atoms with Crippen LogP contribution in [0.15, 0.2) is 18.2 Å². The summed E-state index contributed by atoms with van der Waals surface area (Å²) in [4.78, 5) is 11.6. The Kier molecular flexibility index (Phi) is 4.35. The molecule has 2 nitrogen and oxygen atoms in total. The first-order valence-corrected chi connectivity index (χ1v) is 5.68. The van der Waals surface area contributed by atoms with Crippen LogP contribution >= 0.6 is 12.6 Å². The van der Waals surface area contributed by atoms with E-state index in [2.05, 4.69) is 17.9 Å². The van der Waals surface area contributed by atoms with Crippen molar-refractivity contribution < 1.29 is 9.18 Å². The number of amides is 1. The van der Waals surface area contributed by atoms with Crippen LogP contribution < -0.4 is 5.32 Å². The van der Waals surface area contributed by atoms with E-state index in [4.69, 9.17) is 0 Å². The average Bonchev–Trinajstić information content (AvgIpc) is 2.20. The van der Waals surface area contributed by atoms with E-state index in [1.807, 2.05) is 13.8 Å². The van der Waals surface area contributed by atoms with Gasteiger partial charge in [0.05, 0.1) is 10.9 Å². The lowest BCUT2D eigenvalue weighted by Crippen LogP contribution is -2.27. The maximum atomic E-state index is 13.4. The van der Waals surface area contributed by atoms with Gasteiger partial charge in [-0.25, -0.2) is 4.39 Å². The van der Waals surface area contributed by atoms with Crippen molar-refractivity contribution in [2.45, 2.75) is 26.0 Å². The number of thiol groups is 1. The molecule has 0 aromatic heterocycles. The second kappa shape index (κ2) is 5.34. The minimum atomic E-state index is -0.430. The Labute approximate surface area is 101 Å². The van der Waals surface area contributed by atoms with Gasteiger partial charge >= 0.3 is 0 Å². The molecule has 0 bridgehead atoms. The molecule has 16 heavy (non-hydrogen) atoms. The van der Waals surface area contributed by atoms with Gasteiger partial charge in [-0.1, -0.05) is 19.9 Å². The summed E-state index contributed by atoms with van der Waals surface area (Å²) in [5.41, 5.74) is 1.03. The summed E-state index contributed by atoms with van der Waals surface area (Å²) in [6.07, 6.45) is 0. The van der Waals surface area contributed by atoms with Gasteiger partial charge in [0.25, 0.3) is 0 Å². The normalized spacial score (nSPS) is 12.6. The summed E-state index contributed by atoms with van der Waals surface area (Å²) in [5.74, 6) is -0.587. The molecule has 0 heterocycles. The number of carbonyl (C=O) groups excluding carboxylic acids is 1. The van der Waals surface area contributed by atoms with E-state index < -0.39 is 11.1 Å². The van der Waals surface area contributed by atoms with Crippen LogP contribution in [-0.4, -0.2) is 11.2 Å². The van der Waals surface area contributed by atoms with Crippen LogP contribution in [0.5, 0.6) is 0 Å². The zero-order chi connectivity index (χ0) is 12.3. The van der Waals surface area contributed by atoms with Gasteiger partial charge in [0.15, 0.2) is 0 Å². The van der Waals surface area contributed by atoms with E-state index in [1.165, 1.54) is 6.07 Å². The number of anilines is 1. The van der Waals surface area contributed by atoms with E-state index in [-0.39, 0.29) is 17.5 Å². The summed E-state index contributed by atoms with van der Waals surface area (Å²) >= 11 is 4.17. The van der Waals surface area contributed by atoms with Crippen molar-refractivity contribution in [3.05, 3.63) is 29.6 Å². The Balaban J connectivity index is 2.77. The fraction of sp³-hybridized carbons (Fsp3) is 0.417. The minimum absolute atomic E-state index is 0.108. The molecule has 0 saturated carbocycles. The standard InChI is InChI=1S/C12H16FNOS/c1-7(2)11(16)12(15)14-10-5-4-8(3)6-9(10)13/h4-7,11,16H,1-3H3,(H,14,15). The lowest BCUT2D eigenvalue weighted by molar-refractivity contribution is -0.116. The largest absolute Gasteiger partial charge is 0.323 e. The molecule has 1 rings (SSSR count). The molecule has 4 heteroatoms. The molecular weight excluding hydrogens is 225 g/mol. The molecule has 0 saturated heterocycles. The van der Waals surface area contributed by atoms with E-state index in [1.54, 1.807) is 19.1 Å². The van der Waals surface area contributed by atoms with E-state index >= 15 is 0 Å². The highest BCUT2D eigenvalue weighted by atomic mass is 32.1. The Morgan fingerprint density at radius 2 is 2.06 bits per heavy atom. The quantitative estimate of drug-likeness (QED) is 0.783. The van der Waals surface area contributed by atoms with Crippen molar-refractivity contribution in [2.24, 2.45) is 5.92 Å². The van der Waals surface area contributed by atoms with E-state index in [0.29, 0.717) is 0 Å². The van der Waals surface area contributed by atoms with Crippen LogP contribution in [0.1, 0.15) is 19.4 Å². The summed E-state index contributed by atoms with van der Waals surface area (Å²) in [6.45, 7) is 5.58. The average molecular weight is 241 g/mol. The first kappa shape index (κ1) is 13.0. The predicted molar refractivity (Wildman–Crippen MR) is 67.4 cm³/mol. The number of hydrogen-bond acceptors (Lipinski definition) is 2. The van der Waals surface area contributed by atoms with Crippen LogP contribution in [0, 0.1) is 18.7 Å². The third kappa shape index (κ3) is 3.23. The van der Waals surface area contributed by atoms with Crippen LogP contribution in [0.25, 0.3) is 0 Å². The molecule has 1 unspecified atom stereocenters. The molecule has 0 aliphatic heterocycles. The number of halogens is 1. The highest BCUT2D eigenvalue weighted by Crippen LogP contribution is 2.17. The van der Waals surface area contributed by atoms with Gasteiger partial charge in [0.1, 0.15) is 5.82 Å². The smallest absolute Gasteiger partial charge is 0.237 e. The topological polar surface area (TPSA) is 29.1 Å². The van der Waals surface area contributed by atoms with Gasteiger partial charge in [-0.2, -0.15) is 12.6 Å². The van der Waals surface area contributed by atoms with Crippen molar-refractivity contribution in [1.82, 2.24) is 0 Å². The van der Waals surface area contributed by atoms with Gasteiger partial charge in [-0.3, -0.25) is 4.79 Å². The highest BCUT2D eigenvalue weighted by molar-refractivity contribution is 7.81. The SMILES string of the molecule is Cc1ccc(NC(=O)C(S)C(C)C)c(F)c1. The highest BCUT2D eigenvalue weighted by Gasteiger charge is 2.18. The number of nitrogens with one attached hydrogen (secondary N) is 1. The number of benzene rings is 1. The monoisotopic (exact) mass is 241 g/mol. The molecular formula is C12H16FNOS. The van der Waals surface area contributed by atoms with Crippen molar-refractivity contribution in [1.29, 1.82) is 0 Å². The van der Waals surface area contributed by atoms with Crippen LogP contribution in [0.4, 0.5) is 10.1 Å². The molecule has 1 atom stereocenters. The van der Waals surface area contributed by atoms with Crippen molar-refractivity contribution in [3.63, 3.8) is 0 Å². The second-order valence-electron chi connectivity index (χ2n) is 4.16. The summed E-state index contributed by atoms with van der Waals surface area (Å²) in [5, 5.41) is 2.10. The number of aryl methyl sites for hydroxylation is 1. The van der Waals surface area contributed by atoms with Gasteiger partial charge < -0.3 is 5.32 Å². The van der Waals surface area contributed by atoms with Gasteiger partial charge in [-0.05, 0) is 30.5 Å². The molecule has 1 N–H and O–H groups in total. The first-order valence-electron chi connectivity index (χ1n) is 5.17. The van der Waals surface area contributed by atoms with Crippen molar-refractivity contribution in [2.75, 3.05) is 5.32 Å². The van der Waals surface area contributed by atoms with Crippen LogP contribution in [-0.2, 0) is 4.79 Å². The molecule has 1 amide bonds. The molecule has 0 spiro atoms. The first-order chi connectivity index (χ1) is 7.41. The molecule has 0 radical (unpaired) electrons. The maximum absolute atomic E-state index is 13.4. The Bertz CT molecular complexity index is 393. The molecule has 0 aliphatic carbocycles. The van der Waals surface area contributed by atoms with Crippen molar-refractivity contribution >= 4 is 24.2 Å². The maximum Gasteiger partial charge on any atom is 0.237 e. The fourth-order valence-electron chi connectivity index (χ4n) is 1.23. The predicted octanol–water partition coefficient (Wildman–Crippen LogP) is 3.03. The summed E-state index contributed by atoms with van der Waals surface area (Å²) < 4.78 is 13.4. The zero-order valence-corrected chi connectivity index (χ0v) is 10.5. The minimum Gasteiger partial charge on any atom is -0.323 e. The molecule has 1 aromatic carbocycles. The van der Waals surface area contributed by atoms with E-state index in [0.717, 1.165) is 5.56 Å². The second-order valence-corrected chi connectivity index (χ2v) is 4.72. The zero-order valence-electron chi connectivity index (χ0n) is 9.62. The fourth-order valence-corrected chi connectivity index (χ4v) is 1.30. The Hall–Kier alpha value is -1.03. The summed E-state index contributed by atoms with van der Waals surface area (Å²) in [6, 6.07) is 4.70.